The summed E-state index contributed by atoms with van der Waals surface area (Å²) in [4.78, 5) is 0. The van der Waals surface area contributed by atoms with E-state index in [9.17, 15) is 5.11 Å². The van der Waals surface area contributed by atoms with Crippen LogP contribution in [0.2, 0.25) is 0 Å². The van der Waals surface area contributed by atoms with E-state index in [4.69, 9.17) is 9.47 Å². The Hall–Kier alpha value is -0.910. The molecular weight excluding hydrogens is 274 g/mol. The molecule has 1 aliphatic rings. The molecule has 2 rings (SSSR count). The van der Waals surface area contributed by atoms with Gasteiger partial charge in [0.2, 0.25) is 0 Å². The number of thioether (sulfide) groups is 1. The van der Waals surface area contributed by atoms with Crippen molar-refractivity contribution in [1.29, 1.82) is 0 Å². The number of rotatable bonds is 6. The Morgan fingerprint density at radius 1 is 1.45 bits per heavy atom. The van der Waals surface area contributed by atoms with Crippen molar-refractivity contribution in [1.82, 2.24) is 5.32 Å². The van der Waals surface area contributed by atoms with Crippen molar-refractivity contribution in [2.24, 2.45) is 0 Å². The molecule has 1 aliphatic heterocycles. The maximum atomic E-state index is 10.1. The van der Waals surface area contributed by atoms with E-state index in [2.05, 4.69) is 5.32 Å². The second-order valence-corrected chi connectivity index (χ2v) is 6.09. The summed E-state index contributed by atoms with van der Waals surface area (Å²) in [5, 5.41) is 13.0. The van der Waals surface area contributed by atoms with Crippen LogP contribution < -0.4 is 14.8 Å². The largest absolute Gasteiger partial charge is 0.493 e. The number of ether oxygens (including phenoxy) is 2. The van der Waals surface area contributed by atoms with Crippen LogP contribution in [-0.4, -0.2) is 43.4 Å². The number of nitrogens with one attached hydrogen (secondary N) is 1. The molecule has 5 heteroatoms. The van der Waals surface area contributed by atoms with Gasteiger partial charge < -0.3 is 19.9 Å². The van der Waals surface area contributed by atoms with Gasteiger partial charge in [-0.15, -0.1) is 0 Å². The van der Waals surface area contributed by atoms with Crippen molar-refractivity contribution in [3.63, 3.8) is 0 Å². The molecule has 112 valence electrons. The summed E-state index contributed by atoms with van der Waals surface area (Å²) in [6.45, 7) is 0.519. The maximum absolute atomic E-state index is 10.1. The lowest BCUT2D eigenvalue weighted by Gasteiger charge is -2.24. The topological polar surface area (TPSA) is 50.7 Å². The van der Waals surface area contributed by atoms with Crippen LogP contribution in [0, 0.1) is 0 Å². The van der Waals surface area contributed by atoms with Crippen LogP contribution >= 0.6 is 11.8 Å². The highest BCUT2D eigenvalue weighted by Gasteiger charge is 2.18. The minimum absolute atomic E-state index is 0.236. The van der Waals surface area contributed by atoms with E-state index in [1.807, 2.05) is 37.0 Å². The number of hydrogen-bond acceptors (Lipinski definition) is 5. The number of hydrogen-bond donors (Lipinski definition) is 2. The van der Waals surface area contributed by atoms with Gasteiger partial charge in [0, 0.05) is 12.3 Å². The normalized spacial score (nSPS) is 20.4. The second kappa shape index (κ2) is 7.76. The van der Waals surface area contributed by atoms with Crippen LogP contribution in [0.1, 0.15) is 24.5 Å². The minimum Gasteiger partial charge on any atom is -0.493 e. The highest BCUT2D eigenvalue weighted by atomic mass is 32.2. The summed E-state index contributed by atoms with van der Waals surface area (Å²) in [5.74, 6) is 3.69. The molecule has 2 unspecified atom stereocenters. The Morgan fingerprint density at radius 2 is 2.30 bits per heavy atom. The molecule has 1 heterocycles. The third kappa shape index (κ3) is 4.04. The molecule has 1 saturated heterocycles. The second-order valence-electron chi connectivity index (χ2n) is 4.94. The van der Waals surface area contributed by atoms with E-state index in [-0.39, 0.29) is 6.10 Å². The van der Waals surface area contributed by atoms with E-state index in [1.165, 1.54) is 12.2 Å². The van der Waals surface area contributed by atoms with Crippen molar-refractivity contribution >= 4 is 11.8 Å². The predicted octanol–water partition coefficient (Wildman–Crippen LogP) is 2.22. The fraction of sp³-hybridized carbons (Fsp3) is 0.600. The molecule has 1 aromatic carbocycles. The fourth-order valence-corrected chi connectivity index (χ4v) is 3.32. The van der Waals surface area contributed by atoms with E-state index >= 15 is 0 Å². The minimum atomic E-state index is -0.533. The van der Waals surface area contributed by atoms with Crippen LogP contribution in [-0.2, 0) is 0 Å². The quantitative estimate of drug-likeness (QED) is 0.843. The molecule has 0 bridgehead atoms. The first-order valence-electron chi connectivity index (χ1n) is 6.99. The van der Waals surface area contributed by atoms with Gasteiger partial charge in [0.25, 0.3) is 0 Å². The number of aliphatic hydroxyl groups excluding tert-OH is 1. The van der Waals surface area contributed by atoms with Crippen molar-refractivity contribution in [3.8, 4) is 11.5 Å². The lowest BCUT2D eigenvalue weighted by Crippen LogP contribution is -2.23. The first-order chi connectivity index (χ1) is 9.74. The van der Waals surface area contributed by atoms with Gasteiger partial charge in [0.1, 0.15) is 6.10 Å². The standard InChI is InChI=1S/C15H23NO3S/c1-16-9-13(17)11-5-6-14(18-2)15(8-11)19-12-4-3-7-20-10-12/h5-6,8,12-13,16-17H,3-4,7,9-10H2,1-2H3. The van der Waals surface area contributed by atoms with E-state index in [1.54, 1.807) is 7.11 Å². The summed E-state index contributed by atoms with van der Waals surface area (Å²) in [7, 11) is 3.46. The van der Waals surface area contributed by atoms with Crippen LogP contribution in [0.4, 0.5) is 0 Å². The molecule has 0 radical (unpaired) electrons. The van der Waals surface area contributed by atoms with Gasteiger partial charge in [-0.1, -0.05) is 6.07 Å². The molecule has 2 atom stereocenters. The zero-order chi connectivity index (χ0) is 14.4. The van der Waals surface area contributed by atoms with Crippen LogP contribution in [0.5, 0.6) is 11.5 Å². The first kappa shape index (κ1) is 15.5. The van der Waals surface area contributed by atoms with Crippen LogP contribution in [0.3, 0.4) is 0 Å². The Kier molecular flexibility index (Phi) is 6.01. The third-order valence-electron chi connectivity index (χ3n) is 3.38. The van der Waals surface area contributed by atoms with Crippen molar-refractivity contribution in [2.75, 3.05) is 32.2 Å². The molecule has 0 spiro atoms. The molecule has 1 aromatic rings. The molecule has 0 saturated carbocycles. The average molecular weight is 297 g/mol. The summed E-state index contributed by atoms with van der Waals surface area (Å²) >= 11 is 1.93. The first-order valence-corrected chi connectivity index (χ1v) is 8.15. The number of aliphatic hydroxyl groups is 1. The monoisotopic (exact) mass is 297 g/mol. The Bertz CT molecular complexity index is 422. The lowest BCUT2D eigenvalue weighted by molar-refractivity contribution is 0.174. The van der Waals surface area contributed by atoms with E-state index in [0.29, 0.717) is 6.54 Å². The molecule has 0 aliphatic carbocycles. The zero-order valence-electron chi connectivity index (χ0n) is 12.1. The summed E-state index contributed by atoms with van der Waals surface area (Å²) < 4.78 is 11.4. The van der Waals surface area contributed by atoms with Gasteiger partial charge in [-0.05, 0) is 43.3 Å². The fourth-order valence-electron chi connectivity index (χ4n) is 2.29. The van der Waals surface area contributed by atoms with Crippen molar-refractivity contribution in [3.05, 3.63) is 23.8 Å². The van der Waals surface area contributed by atoms with Crippen molar-refractivity contribution in [2.45, 2.75) is 25.0 Å². The van der Waals surface area contributed by atoms with Gasteiger partial charge in [0.15, 0.2) is 11.5 Å². The lowest BCUT2D eigenvalue weighted by atomic mass is 10.1. The molecule has 4 nitrogen and oxygen atoms in total. The highest BCUT2D eigenvalue weighted by Crippen LogP contribution is 2.33. The zero-order valence-corrected chi connectivity index (χ0v) is 12.9. The Balaban J connectivity index is 2.13. The summed E-state index contributed by atoms with van der Waals surface area (Å²) in [5.41, 5.74) is 0.846. The Morgan fingerprint density at radius 3 is 2.95 bits per heavy atom. The van der Waals surface area contributed by atoms with Gasteiger partial charge in [-0.3, -0.25) is 0 Å². The molecule has 1 fully saturated rings. The number of likely N-dealkylation sites (N-methyl/N-ethyl adjacent to an activating group) is 1. The molecule has 20 heavy (non-hydrogen) atoms. The van der Waals surface area contributed by atoms with Gasteiger partial charge >= 0.3 is 0 Å². The molecule has 0 aromatic heterocycles. The SMILES string of the molecule is CNCC(O)c1ccc(OC)c(OC2CCCSC2)c1. The number of methoxy groups -OCH3 is 1. The predicted molar refractivity (Wildman–Crippen MR) is 82.9 cm³/mol. The van der Waals surface area contributed by atoms with E-state index < -0.39 is 6.10 Å². The van der Waals surface area contributed by atoms with E-state index in [0.717, 1.165) is 29.2 Å². The smallest absolute Gasteiger partial charge is 0.161 e. The summed E-state index contributed by atoms with van der Waals surface area (Å²) in [6.07, 6.45) is 1.98. The summed E-state index contributed by atoms with van der Waals surface area (Å²) in [6, 6.07) is 5.63. The van der Waals surface area contributed by atoms with Crippen LogP contribution in [0.15, 0.2) is 18.2 Å². The molecular formula is C15H23NO3S. The van der Waals surface area contributed by atoms with Crippen molar-refractivity contribution < 1.29 is 14.6 Å². The van der Waals surface area contributed by atoms with Gasteiger partial charge in [0.05, 0.1) is 13.2 Å². The molecule has 2 N–H and O–H groups in total. The third-order valence-corrected chi connectivity index (χ3v) is 4.57. The molecule has 0 amide bonds. The van der Waals surface area contributed by atoms with Gasteiger partial charge in [-0.2, -0.15) is 11.8 Å². The van der Waals surface area contributed by atoms with Crippen LogP contribution in [0.25, 0.3) is 0 Å². The van der Waals surface area contributed by atoms with Gasteiger partial charge in [-0.25, -0.2) is 0 Å². The highest BCUT2D eigenvalue weighted by molar-refractivity contribution is 7.99. The average Bonchev–Trinajstić information content (AvgIpc) is 2.48. The number of benzene rings is 1. The maximum Gasteiger partial charge on any atom is 0.161 e. The Labute approximate surface area is 124 Å².